The lowest BCUT2D eigenvalue weighted by atomic mass is 9.95. The molecular formula is C27H32N4O3. The third-order valence-corrected chi connectivity index (χ3v) is 6.84. The van der Waals surface area contributed by atoms with Crippen LogP contribution < -0.4 is 21.5 Å². The van der Waals surface area contributed by atoms with Gasteiger partial charge in [-0.3, -0.25) is 18.7 Å². The average molecular weight is 461 g/mol. The molecule has 1 amide bonds. The third kappa shape index (κ3) is 4.42. The van der Waals surface area contributed by atoms with E-state index in [-0.39, 0.29) is 23.1 Å². The smallest absolute Gasteiger partial charge is 0.335 e. The number of aromatic nitrogens is 2. The van der Waals surface area contributed by atoms with Gasteiger partial charge in [-0.05, 0) is 75.9 Å². The molecule has 0 saturated carbocycles. The first-order valence-corrected chi connectivity index (χ1v) is 11.9. The Balaban J connectivity index is 1.57. The van der Waals surface area contributed by atoms with Crippen LogP contribution in [-0.4, -0.2) is 28.1 Å². The number of amides is 1. The highest BCUT2D eigenvalue weighted by molar-refractivity contribution is 5.92. The molecule has 2 aromatic carbocycles. The van der Waals surface area contributed by atoms with Crippen molar-refractivity contribution >= 4 is 17.3 Å². The molecule has 1 N–H and O–H groups in total. The molecule has 2 heterocycles. The third-order valence-electron chi connectivity index (χ3n) is 6.84. The number of carbonyl (C=O) groups excluding carboxylic acids is 1. The molecule has 7 heteroatoms. The molecule has 3 aromatic rings. The van der Waals surface area contributed by atoms with Crippen LogP contribution in [-0.2, 0) is 11.3 Å². The molecule has 1 fully saturated rings. The number of piperidine rings is 1. The van der Waals surface area contributed by atoms with Gasteiger partial charge < -0.3 is 10.2 Å². The van der Waals surface area contributed by atoms with E-state index >= 15 is 0 Å². The van der Waals surface area contributed by atoms with Gasteiger partial charge in [-0.1, -0.05) is 24.3 Å². The Morgan fingerprint density at radius 3 is 2.26 bits per heavy atom. The summed E-state index contributed by atoms with van der Waals surface area (Å²) in [6.07, 6.45) is 1.29. The Bertz CT molecular complexity index is 1320. The highest BCUT2D eigenvalue weighted by atomic mass is 16.2. The first kappa shape index (κ1) is 23.5. The van der Waals surface area contributed by atoms with Gasteiger partial charge in [0.15, 0.2) is 0 Å². The molecule has 1 saturated heterocycles. The zero-order chi connectivity index (χ0) is 24.4. The second-order valence-corrected chi connectivity index (χ2v) is 8.99. The molecular weight excluding hydrogens is 428 g/mol. The quantitative estimate of drug-likeness (QED) is 0.628. The van der Waals surface area contributed by atoms with Gasteiger partial charge in [0.05, 0.1) is 11.4 Å². The highest BCUT2D eigenvalue weighted by Gasteiger charge is 2.29. The van der Waals surface area contributed by atoms with Crippen LogP contribution in [0.15, 0.2) is 58.1 Å². The summed E-state index contributed by atoms with van der Waals surface area (Å²) in [7, 11) is 0. The van der Waals surface area contributed by atoms with Gasteiger partial charge in [0, 0.05) is 31.2 Å². The van der Waals surface area contributed by atoms with Crippen molar-refractivity contribution in [1.29, 1.82) is 0 Å². The molecule has 34 heavy (non-hydrogen) atoms. The van der Waals surface area contributed by atoms with Crippen molar-refractivity contribution in [3.63, 3.8) is 0 Å². The van der Waals surface area contributed by atoms with Gasteiger partial charge in [0.25, 0.3) is 5.56 Å². The van der Waals surface area contributed by atoms with E-state index in [0.717, 1.165) is 16.9 Å². The van der Waals surface area contributed by atoms with Crippen LogP contribution in [0.5, 0.6) is 0 Å². The van der Waals surface area contributed by atoms with E-state index in [1.165, 1.54) is 10.1 Å². The maximum Gasteiger partial charge on any atom is 0.335 e. The SMILES string of the molecule is CCn1c(=O)c(N2CCC(C(=O)Nc3ccc(C)c(C)c3)CC2)c(C)n(-c2ccccc2)c1=O. The Kier molecular flexibility index (Phi) is 6.72. The number of carbonyl (C=O) groups is 1. The Labute approximate surface area is 199 Å². The molecule has 0 bridgehead atoms. The molecule has 0 spiro atoms. The summed E-state index contributed by atoms with van der Waals surface area (Å²) in [5.74, 6) is -0.105. The molecule has 178 valence electrons. The van der Waals surface area contributed by atoms with Crippen LogP contribution in [0.2, 0.25) is 0 Å². The normalized spacial score (nSPS) is 14.3. The molecule has 0 atom stereocenters. The Morgan fingerprint density at radius 2 is 1.65 bits per heavy atom. The molecule has 4 rings (SSSR count). The molecule has 0 aliphatic carbocycles. The summed E-state index contributed by atoms with van der Waals surface area (Å²) in [5, 5.41) is 3.04. The average Bonchev–Trinajstić information content (AvgIpc) is 2.83. The van der Waals surface area contributed by atoms with Gasteiger partial charge in [-0.15, -0.1) is 0 Å². The minimum atomic E-state index is -0.331. The second-order valence-electron chi connectivity index (χ2n) is 8.99. The molecule has 0 radical (unpaired) electrons. The summed E-state index contributed by atoms with van der Waals surface area (Å²) in [4.78, 5) is 41.3. The number of nitrogens with zero attached hydrogens (tertiary/aromatic N) is 3. The van der Waals surface area contributed by atoms with Crippen molar-refractivity contribution in [1.82, 2.24) is 9.13 Å². The Morgan fingerprint density at radius 1 is 0.971 bits per heavy atom. The maximum absolute atomic E-state index is 13.3. The van der Waals surface area contributed by atoms with E-state index in [4.69, 9.17) is 0 Å². The Hall–Kier alpha value is -3.61. The van der Waals surface area contributed by atoms with Crippen LogP contribution in [0.1, 0.15) is 36.6 Å². The van der Waals surface area contributed by atoms with Gasteiger partial charge in [-0.2, -0.15) is 0 Å². The fraction of sp³-hybridized carbons (Fsp3) is 0.370. The lowest BCUT2D eigenvalue weighted by Crippen LogP contribution is -2.46. The zero-order valence-corrected chi connectivity index (χ0v) is 20.3. The van der Waals surface area contributed by atoms with E-state index < -0.39 is 0 Å². The van der Waals surface area contributed by atoms with Crippen molar-refractivity contribution in [2.24, 2.45) is 5.92 Å². The monoisotopic (exact) mass is 460 g/mol. The number of hydrogen-bond donors (Lipinski definition) is 1. The van der Waals surface area contributed by atoms with Crippen LogP contribution >= 0.6 is 0 Å². The fourth-order valence-electron chi connectivity index (χ4n) is 4.69. The highest BCUT2D eigenvalue weighted by Crippen LogP contribution is 2.25. The maximum atomic E-state index is 13.3. The van der Waals surface area contributed by atoms with Gasteiger partial charge >= 0.3 is 5.69 Å². The summed E-state index contributed by atoms with van der Waals surface area (Å²) >= 11 is 0. The number of hydrogen-bond acceptors (Lipinski definition) is 4. The molecule has 0 unspecified atom stereocenters. The molecule has 1 aliphatic heterocycles. The largest absolute Gasteiger partial charge is 0.366 e. The van der Waals surface area contributed by atoms with Crippen LogP contribution in [0.25, 0.3) is 5.69 Å². The van der Waals surface area contributed by atoms with Crippen molar-refractivity contribution in [2.75, 3.05) is 23.3 Å². The second kappa shape index (κ2) is 9.71. The number of para-hydroxylation sites is 1. The summed E-state index contributed by atoms with van der Waals surface area (Å²) in [5.41, 5.74) is 4.45. The van der Waals surface area contributed by atoms with Gasteiger partial charge in [-0.25, -0.2) is 4.79 Å². The predicted molar refractivity (Wildman–Crippen MR) is 136 cm³/mol. The van der Waals surface area contributed by atoms with E-state index in [2.05, 4.69) is 5.32 Å². The topological polar surface area (TPSA) is 76.3 Å². The van der Waals surface area contributed by atoms with E-state index in [0.29, 0.717) is 43.9 Å². The zero-order valence-electron chi connectivity index (χ0n) is 20.3. The predicted octanol–water partition coefficient (Wildman–Crippen LogP) is 3.80. The standard InChI is InChI=1S/C27H32N4O3/c1-5-30-26(33)24(20(4)31(27(30)34)23-9-7-6-8-10-23)29-15-13-21(14-16-29)25(32)28-22-12-11-18(2)19(3)17-22/h6-12,17,21H,5,13-16H2,1-4H3,(H,28,32). The van der Waals surface area contributed by atoms with Gasteiger partial charge in [0.2, 0.25) is 5.91 Å². The fourth-order valence-corrected chi connectivity index (χ4v) is 4.69. The van der Waals surface area contributed by atoms with Crippen molar-refractivity contribution in [2.45, 2.75) is 47.1 Å². The van der Waals surface area contributed by atoms with Crippen molar-refractivity contribution in [3.05, 3.63) is 86.2 Å². The lowest BCUT2D eigenvalue weighted by molar-refractivity contribution is -0.120. The summed E-state index contributed by atoms with van der Waals surface area (Å²) < 4.78 is 2.90. The van der Waals surface area contributed by atoms with Crippen molar-refractivity contribution in [3.8, 4) is 5.69 Å². The summed E-state index contributed by atoms with van der Waals surface area (Å²) in [6, 6.07) is 15.3. The number of aryl methyl sites for hydroxylation is 2. The first-order valence-electron chi connectivity index (χ1n) is 11.9. The minimum absolute atomic E-state index is 0.0137. The van der Waals surface area contributed by atoms with E-state index in [9.17, 15) is 14.4 Å². The van der Waals surface area contributed by atoms with E-state index in [1.807, 2.05) is 74.2 Å². The van der Waals surface area contributed by atoms with Crippen LogP contribution in [0, 0.1) is 26.7 Å². The number of anilines is 2. The number of benzene rings is 2. The van der Waals surface area contributed by atoms with Crippen LogP contribution in [0.3, 0.4) is 0 Å². The first-order chi connectivity index (χ1) is 16.3. The van der Waals surface area contributed by atoms with E-state index in [1.54, 1.807) is 11.5 Å². The number of nitrogens with one attached hydrogen (secondary N) is 1. The number of rotatable bonds is 5. The molecule has 1 aliphatic rings. The summed E-state index contributed by atoms with van der Waals surface area (Å²) in [6.45, 7) is 9.17. The van der Waals surface area contributed by atoms with Crippen LogP contribution in [0.4, 0.5) is 11.4 Å². The van der Waals surface area contributed by atoms with Gasteiger partial charge in [0.1, 0.15) is 5.69 Å². The molecule has 7 nitrogen and oxygen atoms in total. The lowest BCUT2D eigenvalue weighted by Gasteiger charge is -2.34. The molecule has 1 aromatic heterocycles. The van der Waals surface area contributed by atoms with Crippen molar-refractivity contribution < 1.29 is 4.79 Å². The minimum Gasteiger partial charge on any atom is -0.366 e.